The maximum Gasteiger partial charge on any atom is 0.354 e. The Balaban J connectivity index is 0.000000244. The van der Waals surface area contributed by atoms with E-state index >= 15 is 0 Å². The SMILES string of the molecule is CC(C)(C)c1cc2cn(-c3ccc(CNCCC(=O)N=C(N)N)cc3)c(=O)nc2[nH]1.CC(C)(C)c1ccc(S(=O)(=O)NC2CCNCC2)cc1. The molecule has 0 aliphatic carbocycles. The number of rotatable bonds is 9. The van der Waals surface area contributed by atoms with Crippen molar-refractivity contribution in [1.82, 2.24) is 29.9 Å². The standard InChI is InChI=1S/C21H27N7O2.C15H24N2O2S/c1-21(2,3)16-10-14-12-28(20(30)27-18(14)25-16)15-6-4-13(5-7-15)11-24-9-8-17(29)26-19(22)23;1-15(2,3)12-4-6-14(7-5-12)20(18,19)17-13-8-10-16-11-9-13/h4-7,10,12,24H,8-9,11H2,1-3H3,(H,25,27,30)(H4,22,23,26,29);4-7,13,16-17H,8-11H2,1-3H3. The number of guanidine groups is 1. The molecular formula is C36H51N9O4S. The van der Waals surface area contributed by atoms with Gasteiger partial charge in [0.25, 0.3) is 0 Å². The van der Waals surface area contributed by atoms with E-state index in [0.717, 1.165) is 53.8 Å². The van der Waals surface area contributed by atoms with E-state index in [1.54, 1.807) is 18.3 Å². The monoisotopic (exact) mass is 705 g/mol. The number of hydrogen-bond donors (Lipinski definition) is 6. The second-order valence-electron chi connectivity index (χ2n) is 14.6. The molecule has 1 fully saturated rings. The number of hydrogen-bond acceptors (Lipinski definition) is 7. The molecule has 14 heteroatoms. The molecule has 0 saturated carbocycles. The van der Waals surface area contributed by atoms with Crippen molar-refractivity contribution in [2.45, 2.75) is 89.1 Å². The van der Waals surface area contributed by atoms with Crippen LogP contribution in [0.3, 0.4) is 0 Å². The van der Waals surface area contributed by atoms with Crippen LogP contribution in [0.15, 0.2) is 75.5 Å². The van der Waals surface area contributed by atoms with E-state index in [0.29, 0.717) is 23.6 Å². The molecule has 8 N–H and O–H groups in total. The predicted octanol–water partition coefficient (Wildman–Crippen LogP) is 3.31. The molecule has 0 unspecified atom stereocenters. The molecule has 1 amide bonds. The molecule has 0 atom stereocenters. The van der Waals surface area contributed by atoms with E-state index in [1.165, 1.54) is 4.57 Å². The number of benzene rings is 2. The first kappa shape index (κ1) is 38.4. The Morgan fingerprint density at radius 1 is 0.980 bits per heavy atom. The number of carbonyl (C=O) groups excluding carboxylic acids is 1. The predicted molar refractivity (Wildman–Crippen MR) is 199 cm³/mol. The van der Waals surface area contributed by atoms with Crippen LogP contribution < -0.4 is 32.5 Å². The van der Waals surface area contributed by atoms with Gasteiger partial charge in [-0.3, -0.25) is 9.36 Å². The molecule has 1 saturated heterocycles. The number of nitrogens with two attached hydrogens (primary N) is 2. The van der Waals surface area contributed by atoms with Gasteiger partial charge >= 0.3 is 5.69 Å². The van der Waals surface area contributed by atoms with Gasteiger partial charge < -0.3 is 27.1 Å². The third-order valence-corrected chi connectivity index (χ3v) is 9.86. The fourth-order valence-electron chi connectivity index (χ4n) is 5.35. The van der Waals surface area contributed by atoms with Crippen molar-refractivity contribution in [1.29, 1.82) is 0 Å². The summed E-state index contributed by atoms with van der Waals surface area (Å²) < 4.78 is 29.0. The van der Waals surface area contributed by atoms with Crippen LogP contribution in [0.4, 0.5) is 0 Å². The number of sulfonamides is 1. The number of H-pyrrole nitrogens is 1. The Morgan fingerprint density at radius 3 is 2.20 bits per heavy atom. The van der Waals surface area contributed by atoms with Crippen molar-refractivity contribution in [2.75, 3.05) is 19.6 Å². The summed E-state index contributed by atoms with van der Waals surface area (Å²) in [5.41, 5.74) is 14.5. The van der Waals surface area contributed by atoms with Gasteiger partial charge in [-0.15, -0.1) is 0 Å². The fraction of sp³-hybridized carbons (Fsp3) is 0.444. The summed E-state index contributed by atoms with van der Waals surface area (Å²) in [7, 11) is -3.40. The highest BCUT2D eigenvalue weighted by atomic mass is 32.2. The summed E-state index contributed by atoms with van der Waals surface area (Å²) >= 11 is 0. The van der Waals surface area contributed by atoms with E-state index in [1.807, 2.05) is 42.5 Å². The quantitative estimate of drug-likeness (QED) is 0.0858. The second-order valence-corrected chi connectivity index (χ2v) is 16.3. The average molecular weight is 706 g/mol. The number of carbonyl (C=O) groups is 1. The van der Waals surface area contributed by atoms with Gasteiger partial charge in [0, 0.05) is 48.2 Å². The van der Waals surface area contributed by atoms with Crippen molar-refractivity contribution < 1.29 is 13.2 Å². The summed E-state index contributed by atoms with van der Waals surface area (Å²) in [4.78, 5) is 35.1. The molecule has 13 nitrogen and oxygen atoms in total. The molecule has 0 radical (unpaired) electrons. The number of nitrogens with zero attached hydrogens (tertiary/aromatic N) is 3. The van der Waals surface area contributed by atoms with Crippen molar-refractivity contribution >= 4 is 32.9 Å². The van der Waals surface area contributed by atoms with Crippen LogP contribution in [0.1, 0.15) is 77.6 Å². The summed E-state index contributed by atoms with van der Waals surface area (Å²) in [6.45, 7) is 15.4. The normalized spacial score (nSPS) is 14.2. The Kier molecular flexibility index (Phi) is 12.4. The maximum absolute atomic E-state index is 12.5. The molecule has 0 spiro atoms. The summed E-state index contributed by atoms with van der Waals surface area (Å²) in [6, 6.07) is 16.9. The summed E-state index contributed by atoms with van der Waals surface area (Å²) in [6.07, 6.45) is 3.71. The smallest absolute Gasteiger partial charge is 0.354 e. The Bertz CT molecular complexity index is 1940. The van der Waals surface area contributed by atoms with E-state index < -0.39 is 10.0 Å². The molecule has 3 heterocycles. The number of aromatic nitrogens is 3. The molecule has 2 aromatic carbocycles. The Hall–Kier alpha value is -4.37. The average Bonchev–Trinajstić information content (AvgIpc) is 3.47. The number of nitrogens with one attached hydrogen (secondary N) is 4. The molecule has 0 bridgehead atoms. The lowest BCUT2D eigenvalue weighted by Gasteiger charge is -2.24. The number of piperidine rings is 1. The molecule has 1 aliphatic rings. The van der Waals surface area contributed by atoms with Gasteiger partial charge in [-0.05, 0) is 72.8 Å². The number of aromatic amines is 1. The summed E-state index contributed by atoms with van der Waals surface area (Å²) in [5.74, 6) is -0.590. The zero-order valence-corrected chi connectivity index (χ0v) is 30.7. The van der Waals surface area contributed by atoms with Crippen molar-refractivity contribution in [3.8, 4) is 5.69 Å². The zero-order chi connectivity index (χ0) is 36.7. The van der Waals surface area contributed by atoms with Crippen molar-refractivity contribution in [3.05, 3.63) is 88.1 Å². The third-order valence-electron chi connectivity index (χ3n) is 8.32. The van der Waals surface area contributed by atoms with Crippen molar-refractivity contribution in [3.63, 3.8) is 0 Å². The van der Waals surface area contributed by atoms with Crippen LogP contribution in [0.5, 0.6) is 0 Å². The van der Waals surface area contributed by atoms with Crippen LogP contribution in [-0.4, -0.2) is 60.5 Å². The van der Waals surface area contributed by atoms with E-state index in [2.05, 4.69) is 71.9 Å². The van der Waals surface area contributed by atoms with E-state index in [4.69, 9.17) is 11.5 Å². The second kappa shape index (κ2) is 16.1. The van der Waals surface area contributed by atoms with Gasteiger partial charge in [-0.1, -0.05) is 65.8 Å². The van der Waals surface area contributed by atoms with Gasteiger partial charge in [0.2, 0.25) is 15.9 Å². The van der Waals surface area contributed by atoms with E-state index in [-0.39, 0.29) is 40.8 Å². The number of aliphatic imine (C=N–C) groups is 1. The molecule has 2 aromatic heterocycles. The molecule has 50 heavy (non-hydrogen) atoms. The highest BCUT2D eigenvalue weighted by Crippen LogP contribution is 2.25. The molecular weight excluding hydrogens is 655 g/mol. The highest BCUT2D eigenvalue weighted by molar-refractivity contribution is 7.89. The minimum Gasteiger partial charge on any atom is -0.370 e. The lowest BCUT2D eigenvalue weighted by molar-refractivity contribution is -0.117. The van der Waals surface area contributed by atoms with Crippen molar-refractivity contribution in [2.24, 2.45) is 16.5 Å². The Labute approximate surface area is 294 Å². The minimum absolute atomic E-state index is 0.0325. The number of amides is 1. The van der Waals surface area contributed by atoms with Gasteiger partial charge in [0.1, 0.15) is 5.65 Å². The zero-order valence-electron chi connectivity index (χ0n) is 29.8. The molecule has 270 valence electrons. The lowest BCUT2D eigenvalue weighted by atomic mass is 9.87. The minimum atomic E-state index is -3.40. The largest absolute Gasteiger partial charge is 0.370 e. The van der Waals surface area contributed by atoms with Gasteiger partial charge in [0.15, 0.2) is 5.96 Å². The third kappa shape index (κ3) is 10.8. The van der Waals surface area contributed by atoms with Crippen LogP contribution in [0.25, 0.3) is 16.7 Å². The van der Waals surface area contributed by atoms with Gasteiger partial charge in [0.05, 0.1) is 10.6 Å². The van der Waals surface area contributed by atoms with Crippen LogP contribution in [0.2, 0.25) is 0 Å². The first-order chi connectivity index (χ1) is 23.4. The molecule has 1 aliphatic heterocycles. The summed E-state index contributed by atoms with van der Waals surface area (Å²) in [5, 5.41) is 7.28. The topological polar surface area (TPSA) is 202 Å². The van der Waals surface area contributed by atoms with Crippen LogP contribution in [0, 0.1) is 0 Å². The highest BCUT2D eigenvalue weighted by Gasteiger charge is 2.23. The molecule has 5 rings (SSSR count). The first-order valence-electron chi connectivity index (χ1n) is 16.8. The lowest BCUT2D eigenvalue weighted by Crippen LogP contribution is -2.42. The number of fused-ring (bicyclic) bond motifs is 1. The van der Waals surface area contributed by atoms with Crippen LogP contribution >= 0.6 is 0 Å². The maximum atomic E-state index is 12.5. The van der Waals surface area contributed by atoms with E-state index in [9.17, 15) is 18.0 Å². The molecule has 4 aromatic rings. The van der Waals surface area contributed by atoms with Crippen LogP contribution in [-0.2, 0) is 32.2 Å². The fourth-order valence-corrected chi connectivity index (χ4v) is 6.65. The Morgan fingerprint density at radius 2 is 1.62 bits per heavy atom. The van der Waals surface area contributed by atoms with Gasteiger partial charge in [-0.25, -0.2) is 17.9 Å². The van der Waals surface area contributed by atoms with Gasteiger partial charge in [-0.2, -0.15) is 9.98 Å². The first-order valence-corrected chi connectivity index (χ1v) is 18.3.